The summed E-state index contributed by atoms with van der Waals surface area (Å²) >= 11 is 6.54. The largest absolute Gasteiger partial charge is 0.489 e. The highest BCUT2D eigenvalue weighted by Crippen LogP contribution is 2.55. The fraction of sp³-hybridized carbons (Fsp3) is 0.647. The predicted molar refractivity (Wildman–Crippen MR) is 79.9 cm³/mol. The van der Waals surface area contributed by atoms with Crippen molar-refractivity contribution in [2.45, 2.75) is 63.4 Å². The van der Waals surface area contributed by atoms with Crippen LogP contribution in [0.25, 0.3) is 0 Å². The lowest BCUT2D eigenvalue weighted by molar-refractivity contribution is -0.0517. The Kier molecular flexibility index (Phi) is 3.94. The molecule has 0 heterocycles. The molecule has 0 N–H and O–H groups in total. The van der Waals surface area contributed by atoms with Crippen molar-refractivity contribution in [2.75, 3.05) is 0 Å². The van der Waals surface area contributed by atoms with E-state index in [1.165, 1.54) is 37.8 Å². The van der Waals surface area contributed by atoms with Crippen molar-refractivity contribution in [2.24, 2.45) is 5.41 Å². The fourth-order valence-corrected chi connectivity index (χ4v) is 4.26. The molecule has 0 saturated heterocycles. The maximum absolute atomic E-state index is 13.4. The van der Waals surface area contributed by atoms with Gasteiger partial charge in [-0.15, -0.1) is 11.6 Å². The molecule has 2 aliphatic rings. The minimum atomic E-state index is -0.234. The van der Waals surface area contributed by atoms with E-state index in [4.69, 9.17) is 16.3 Å². The third kappa shape index (κ3) is 2.43. The molecule has 2 fully saturated rings. The highest BCUT2D eigenvalue weighted by Gasteiger charge is 2.55. The summed E-state index contributed by atoms with van der Waals surface area (Å²) in [4.78, 5) is 0. The lowest BCUT2D eigenvalue weighted by Crippen LogP contribution is -2.57. The molecular formula is C17H22ClFO. The first-order chi connectivity index (χ1) is 9.62. The lowest BCUT2D eigenvalue weighted by Gasteiger charge is -2.53. The lowest BCUT2D eigenvalue weighted by atomic mass is 9.61. The first kappa shape index (κ1) is 14.2. The summed E-state index contributed by atoms with van der Waals surface area (Å²) in [7, 11) is 0. The van der Waals surface area contributed by atoms with Gasteiger partial charge in [-0.1, -0.05) is 31.7 Å². The highest BCUT2D eigenvalue weighted by atomic mass is 35.5. The molecule has 2 saturated carbocycles. The van der Waals surface area contributed by atoms with E-state index in [0.717, 1.165) is 24.8 Å². The SMILES string of the molecule is Cc1ccc(F)cc1OC1CC(Cl)C12CCCCCC2. The number of halogens is 2. The number of benzene rings is 1. The van der Waals surface area contributed by atoms with E-state index in [-0.39, 0.29) is 22.7 Å². The number of aryl methyl sites for hydroxylation is 1. The van der Waals surface area contributed by atoms with Crippen molar-refractivity contribution >= 4 is 11.6 Å². The van der Waals surface area contributed by atoms with Gasteiger partial charge in [0.15, 0.2) is 0 Å². The van der Waals surface area contributed by atoms with E-state index in [1.807, 2.05) is 6.92 Å². The molecular weight excluding hydrogens is 275 g/mol. The third-order valence-electron chi connectivity index (χ3n) is 5.14. The average Bonchev–Trinajstić information content (AvgIpc) is 2.70. The highest BCUT2D eigenvalue weighted by molar-refractivity contribution is 6.21. The summed E-state index contributed by atoms with van der Waals surface area (Å²) < 4.78 is 19.5. The minimum Gasteiger partial charge on any atom is -0.489 e. The summed E-state index contributed by atoms with van der Waals surface area (Å²) in [6, 6.07) is 4.76. The summed E-state index contributed by atoms with van der Waals surface area (Å²) in [5.74, 6) is 0.449. The van der Waals surface area contributed by atoms with Crippen LogP contribution in [0.2, 0.25) is 0 Å². The van der Waals surface area contributed by atoms with Gasteiger partial charge in [-0.25, -0.2) is 4.39 Å². The first-order valence-corrected chi connectivity index (χ1v) is 8.12. The molecule has 110 valence electrons. The topological polar surface area (TPSA) is 9.23 Å². The Morgan fingerprint density at radius 2 is 1.90 bits per heavy atom. The van der Waals surface area contributed by atoms with Crippen LogP contribution in [-0.4, -0.2) is 11.5 Å². The smallest absolute Gasteiger partial charge is 0.126 e. The molecule has 1 aromatic rings. The van der Waals surface area contributed by atoms with Gasteiger partial charge in [0, 0.05) is 23.3 Å². The monoisotopic (exact) mass is 296 g/mol. The molecule has 0 aromatic heterocycles. The van der Waals surface area contributed by atoms with E-state index >= 15 is 0 Å². The molecule has 0 amide bonds. The Labute approximate surface area is 125 Å². The van der Waals surface area contributed by atoms with Crippen LogP contribution in [-0.2, 0) is 0 Å². The van der Waals surface area contributed by atoms with Gasteiger partial charge in [-0.2, -0.15) is 0 Å². The van der Waals surface area contributed by atoms with E-state index in [9.17, 15) is 4.39 Å². The zero-order valence-corrected chi connectivity index (χ0v) is 12.8. The fourth-order valence-electron chi connectivity index (χ4n) is 3.74. The number of hydrogen-bond donors (Lipinski definition) is 0. The zero-order valence-electron chi connectivity index (χ0n) is 12.0. The van der Waals surface area contributed by atoms with Crippen molar-refractivity contribution in [1.82, 2.24) is 0 Å². The third-order valence-corrected chi connectivity index (χ3v) is 5.75. The van der Waals surface area contributed by atoms with Crippen LogP contribution in [0.1, 0.15) is 50.5 Å². The summed E-state index contributed by atoms with van der Waals surface area (Å²) in [5, 5.41) is 0.222. The molecule has 1 spiro atoms. The van der Waals surface area contributed by atoms with E-state index in [1.54, 1.807) is 6.07 Å². The maximum atomic E-state index is 13.4. The second-order valence-electron chi connectivity index (χ2n) is 6.37. The van der Waals surface area contributed by atoms with Gasteiger partial charge in [0.05, 0.1) is 0 Å². The van der Waals surface area contributed by atoms with Crippen molar-refractivity contribution in [3.63, 3.8) is 0 Å². The van der Waals surface area contributed by atoms with Crippen LogP contribution in [0, 0.1) is 18.2 Å². The van der Waals surface area contributed by atoms with Crippen LogP contribution in [0.3, 0.4) is 0 Å². The predicted octanol–water partition coefficient (Wildman–Crippen LogP) is 5.23. The number of alkyl halides is 1. The van der Waals surface area contributed by atoms with Gasteiger partial charge in [-0.05, 0) is 31.4 Å². The van der Waals surface area contributed by atoms with Crippen molar-refractivity contribution in [3.05, 3.63) is 29.6 Å². The molecule has 2 aliphatic carbocycles. The van der Waals surface area contributed by atoms with Gasteiger partial charge in [0.2, 0.25) is 0 Å². The standard InChI is InChI=1S/C17H22ClFO/c1-12-6-7-13(19)10-14(12)20-16-11-15(18)17(16)8-4-2-3-5-9-17/h6-7,10,15-16H,2-5,8-9,11H2,1H3. The maximum Gasteiger partial charge on any atom is 0.126 e. The van der Waals surface area contributed by atoms with Gasteiger partial charge in [-0.3, -0.25) is 0 Å². The molecule has 2 atom stereocenters. The molecule has 0 aliphatic heterocycles. The number of hydrogen-bond acceptors (Lipinski definition) is 1. The summed E-state index contributed by atoms with van der Waals surface area (Å²) in [6.07, 6.45) is 8.44. The summed E-state index contributed by atoms with van der Waals surface area (Å²) in [5.41, 5.74) is 1.12. The van der Waals surface area contributed by atoms with Gasteiger partial charge < -0.3 is 4.74 Å². The summed E-state index contributed by atoms with van der Waals surface area (Å²) in [6.45, 7) is 1.96. The van der Waals surface area contributed by atoms with E-state index in [2.05, 4.69) is 0 Å². The van der Waals surface area contributed by atoms with Gasteiger partial charge in [0.25, 0.3) is 0 Å². The Morgan fingerprint density at radius 1 is 1.20 bits per heavy atom. The van der Waals surface area contributed by atoms with Crippen LogP contribution in [0.5, 0.6) is 5.75 Å². The second kappa shape index (κ2) is 5.55. The van der Waals surface area contributed by atoms with Crippen LogP contribution >= 0.6 is 11.6 Å². The first-order valence-electron chi connectivity index (χ1n) is 7.69. The van der Waals surface area contributed by atoms with Crippen LogP contribution in [0.4, 0.5) is 4.39 Å². The Morgan fingerprint density at radius 3 is 2.55 bits per heavy atom. The molecule has 1 aromatic carbocycles. The molecule has 20 heavy (non-hydrogen) atoms. The molecule has 0 bridgehead atoms. The molecule has 3 rings (SSSR count). The van der Waals surface area contributed by atoms with Crippen LogP contribution in [0.15, 0.2) is 18.2 Å². The Hall–Kier alpha value is -0.760. The second-order valence-corrected chi connectivity index (χ2v) is 6.89. The normalized spacial score (nSPS) is 28.8. The van der Waals surface area contributed by atoms with Gasteiger partial charge >= 0.3 is 0 Å². The van der Waals surface area contributed by atoms with Crippen LogP contribution < -0.4 is 4.74 Å². The van der Waals surface area contributed by atoms with Gasteiger partial charge in [0.1, 0.15) is 17.7 Å². The van der Waals surface area contributed by atoms with Crippen molar-refractivity contribution in [3.8, 4) is 5.75 Å². The quantitative estimate of drug-likeness (QED) is 0.679. The number of ether oxygens (including phenoxy) is 1. The number of rotatable bonds is 2. The molecule has 0 radical (unpaired) electrons. The molecule has 2 unspecified atom stereocenters. The van der Waals surface area contributed by atoms with E-state index in [0.29, 0.717) is 5.75 Å². The Balaban J connectivity index is 1.78. The molecule has 1 nitrogen and oxygen atoms in total. The van der Waals surface area contributed by atoms with Crippen molar-refractivity contribution < 1.29 is 9.13 Å². The minimum absolute atomic E-state index is 0.122. The zero-order chi connectivity index (χ0) is 14.2. The Bertz CT molecular complexity index is 480. The van der Waals surface area contributed by atoms with E-state index < -0.39 is 0 Å². The van der Waals surface area contributed by atoms with Crippen molar-refractivity contribution in [1.29, 1.82) is 0 Å². The average molecular weight is 297 g/mol. The molecule has 3 heteroatoms.